The van der Waals surface area contributed by atoms with Crippen molar-refractivity contribution < 1.29 is 31.4 Å². The van der Waals surface area contributed by atoms with Crippen LogP contribution in [0.2, 0.25) is 10.0 Å². The van der Waals surface area contributed by atoms with Crippen molar-refractivity contribution in [2.24, 2.45) is 0 Å². The molecule has 0 saturated carbocycles. The highest BCUT2D eigenvalue weighted by atomic mass is 35.5. The van der Waals surface area contributed by atoms with Gasteiger partial charge < -0.3 is 9.84 Å². The van der Waals surface area contributed by atoms with Crippen LogP contribution < -0.4 is 4.74 Å². The molecule has 164 valence electrons. The van der Waals surface area contributed by atoms with Crippen LogP contribution in [0.25, 0.3) is 0 Å². The Morgan fingerprint density at radius 1 is 1.10 bits per heavy atom. The molecule has 0 atom stereocenters. The number of rotatable bonds is 4. The van der Waals surface area contributed by atoms with Crippen LogP contribution in [0.1, 0.15) is 24.0 Å². The molecule has 2 aromatic rings. The van der Waals surface area contributed by atoms with Crippen molar-refractivity contribution in [3.05, 3.63) is 57.6 Å². The second-order valence-corrected chi connectivity index (χ2v) is 9.67. The van der Waals surface area contributed by atoms with Crippen LogP contribution in [0.15, 0.2) is 41.3 Å². The zero-order valence-corrected chi connectivity index (χ0v) is 18.0. The summed E-state index contributed by atoms with van der Waals surface area (Å²) in [7, 11) is -2.66. The molecule has 1 fully saturated rings. The Kier molecular flexibility index (Phi) is 6.33. The maximum atomic E-state index is 13.2. The van der Waals surface area contributed by atoms with Gasteiger partial charge in [0.1, 0.15) is 10.6 Å². The zero-order chi connectivity index (χ0) is 22.3. The zero-order valence-electron chi connectivity index (χ0n) is 15.7. The number of piperidine rings is 1. The summed E-state index contributed by atoms with van der Waals surface area (Å²) in [5.74, 6) is 0.118. The first-order valence-electron chi connectivity index (χ1n) is 8.82. The van der Waals surface area contributed by atoms with E-state index in [1.54, 1.807) is 0 Å². The molecule has 1 aliphatic rings. The van der Waals surface area contributed by atoms with E-state index in [1.165, 1.54) is 31.4 Å². The Morgan fingerprint density at radius 3 is 2.30 bits per heavy atom. The van der Waals surface area contributed by atoms with Gasteiger partial charge in [0.05, 0.1) is 23.3 Å². The number of nitrogens with zero attached hydrogens (tertiary/aromatic N) is 1. The highest BCUT2D eigenvalue weighted by Gasteiger charge is 2.41. The van der Waals surface area contributed by atoms with E-state index in [0.29, 0.717) is 0 Å². The summed E-state index contributed by atoms with van der Waals surface area (Å²) in [4.78, 5) is -0.117. The topological polar surface area (TPSA) is 66.8 Å². The molecule has 0 amide bonds. The van der Waals surface area contributed by atoms with E-state index >= 15 is 0 Å². The lowest BCUT2D eigenvalue weighted by Crippen LogP contribution is -2.45. The van der Waals surface area contributed by atoms with Crippen molar-refractivity contribution in [1.29, 1.82) is 0 Å². The first-order chi connectivity index (χ1) is 13.9. The van der Waals surface area contributed by atoms with Gasteiger partial charge in [-0.3, -0.25) is 0 Å². The van der Waals surface area contributed by atoms with Crippen LogP contribution in [0, 0.1) is 0 Å². The molecular weight excluding hydrogens is 466 g/mol. The number of methoxy groups -OCH3 is 1. The minimum absolute atomic E-state index is 0.0385. The second kappa shape index (κ2) is 8.20. The third-order valence-corrected chi connectivity index (χ3v) is 7.59. The molecule has 1 N–H and O–H groups in total. The number of ether oxygens (including phenoxy) is 1. The predicted molar refractivity (Wildman–Crippen MR) is 106 cm³/mol. The molecule has 0 aromatic heterocycles. The van der Waals surface area contributed by atoms with Gasteiger partial charge in [-0.05, 0) is 48.7 Å². The third-order valence-electron chi connectivity index (χ3n) is 5.10. The Hall–Kier alpha value is -1.52. The molecule has 0 aliphatic carbocycles. The van der Waals surface area contributed by atoms with Crippen LogP contribution in [0.4, 0.5) is 13.2 Å². The summed E-state index contributed by atoms with van der Waals surface area (Å²) in [6, 6.07) is 7.41. The summed E-state index contributed by atoms with van der Waals surface area (Å²) in [5.41, 5.74) is -2.62. The van der Waals surface area contributed by atoms with Gasteiger partial charge in [0.15, 0.2) is 0 Å². The van der Waals surface area contributed by atoms with E-state index in [2.05, 4.69) is 0 Å². The largest absolute Gasteiger partial charge is 0.495 e. The van der Waals surface area contributed by atoms with Gasteiger partial charge >= 0.3 is 6.18 Å². The van der Waals surface area contributed by atoms with Crippen molar-refractivity contribution in [1.82, 2.24) is 4.31 Å². The van der Waals surface area contributed by atoms with Crippen molar-refractivity contribution in [2.75, 3.05) is 20.2 Å². The molecule has 0 radical (unpaired) electrons. The number of sulfonamides is 1. The fraction of sp³-hybridized carbons (Fsp3) is 0.368. The number of hydrogen-bond donors (Lipinski definition) is 1. The van der Waals surface area contributed by atoms with Gasteiger partial charge in [0.25, 0.3) is 0 Å². The Balaban J connectivity index is 1.86. The van der Waals surface area contributed by atoms with Crippen molar-refractivity contribution in [3.8, 4) is 5.75 Å². The van der Waals surface area contributed by atoms with Crippen molar-refractivity contribution in [3.63, 3.8) is 0 Å². The molecule has 11 heteroatoms. The number of benzene rings is 2. The predicted octanol–water partition coefficient (Wildman–Crippen LogP) is 4.69. The van der Waals surface area contributed by atoms with Crippen molar-refractivity contribution in [2.45, 2.75) is 29.5 Å². The molecule has 2 aromatic carbocycles. The average molecular weight is 484 g/mol. The van der Waals surface area contributed by atoms with Crippen LogP contribution in [-0.2, 0) is 21.8 Å². The SMILES string of the molecule is COc1ccc(Cl)cc1S(=O)(=O)N1CCC(O)(c2ccc(Cl)c(C(F)(F)F)c2)CC1. The van der Waals surface area contributed by atoms with Gasteiger partial charge in [-0.15, -0.1) is 0 Å². The van der Waals surface area contributed by atoms with Gasteiger partial charge in [-0.25, -0.2) is 8.42 Å². The number of alkyl halides is 3. The molecule has 1 heterocycles. The molecule has 1 aliphatic heterocycles. The fourth-order valence-corrected chi connectivity index (χ4v) is 5.49. The molecule has 3 rings (SSSR count). The number of halogens is 5. The lowest BCUT2D eigenvalue weighted by Gasteiger charge is -2.38. The Bertz CT molecular complexity index is 1050. The van der Waals surface area contributed by atoms with Crippen LogP contribution in [0.5, 0.6) is 5.75 Å². The standard InChI is InChI=1S/C19H18Cl2F3NO4S/c1-29-16-5-3-13(20)11-17(16)30(27,28)25-8-6-18(26,7-9-25)12-2-4-15(21)14(10-12)19(22,23)24/h2-5,10-11,26H,6-9H2,1H3. The summed E-state index contributed by atoms with van der Waals surface area (Å²) in [5, 5.41) is 10.7. The maximum Gasteiger partial charge on any atom is 0.417 e. The molecule has 0 spiro atoms. The first-order valence-corrected chi connectivity index (χ1v) is 11.0. The van der Waals surface area contributed by atoms with E-state index in [4.69, 9.17) is 27.9 Å². The molecule has 30 heavy (non-hydrogen) atoms. The first kappa shape index (κ1) is 23.1. The molecule has 5 nitrogen and oxygen atoms in total. The quantitative estimate of drug-likeness (QED) is 0.684. The van der Waals surface area contributed by atoms with Crippen molar-refractivity contribution >= 4 is 33.2 Å². The molecular formula is C19H18Cl2F3NO4S. The van der Waals surface area contributed by atoms with Gasteiger partial charge in [-0.1, -0.05) is 29.3 Å². The van der Waals surface area contributed by atoms with E-state index in [9.17, 15) is 26.7 Å². The summed E-state index contributed by atoms with van der Waals surface area (Å²) in [6.07, 6.45) is -4.85. The number of aliphatic hydroxyl groups is 1. The fourth-order valence-electron chi connectivity index (χ4n) is 3.41. The van der Waals surface area contributed by atoms with Crippen LogP contribution in [-0.4, -0.2) is 38.0 Å². The number of hydrogen-bond acceptors (Lipinski definition) is 4. The summed E-state index contributed by atoms with van der Waals surface area (Å²) >= 11 is 11.6. The Morgan fingerprint density at radius 2 is 1.73 bits per heavy atom. The smallest absolute Gasteiger partial charge is 0.417 e. The van der Waals surface area contributed by atoms with Crippen LogP contribution >= 0.6 is 23.2 Å². The average Bonchev–Trinajstić information content (AvgIpc) is 2.67. The molecule has 0 bridgehead atoms. The summed E-state index contributed by atoms with van der Waals surface area (Å²) in [6.45, 7) is -0.197. The van der Waals surface area contributed by atoms with E-state index < -0.39 is 32.4 Å². The third kappa shape index (κ3) is 4.40. The van der Waals surface area contributed by atoms with Gasteiger partial charge in [-0.2, -0.15) is 17.5 Å². The van der Waals surface area contributed by atoms with Gasteiger partial charge in [0.2, 0.25) is 10.0 Å². The minimum Gasteiger partial charge on any atom is -0.495 e. The van der Waals surface area contributed by atoms with E-state index in [1.807, 2.05) is 0 Å². The maximum absolute atomic E-state index is 13.2. The molecule has 1 saturated heterocycles. The normalized spacial score (nSPS) is 17.7. The Labute approximate surface area is 182 Å². The second-order valence-electron chi connectivity index (χ2n) is 6.92. The lowest BCUT2D eigenvalue weighted by atomic mass is 9.84. The van der Waals surface area contributed by atoms with E-state index in [-0.39, 0.29) is 47.2 Å². The molecule has 0 unspecified atom stereocenters. The minimum atomic E-state index is -4.67. The van der Waals surface area contributed by atoms with Crippen LogP contribution in [0.3, 0.4) is 0 Å². The highest BCUT2D eigenvalue weighted by Crippen LogP contribution is 2.41. The van der Waals surface area contributed by atoms with Gasteiger partial charge in [0, 0.05) is 18.1 Å². The lowest BCUT2D eigenvalue weighted by molar-refractivity contribution is -0.137. The monoisotopic (exact) mass is 483 g/mol. The van der Waals surface area contributed by atoms with E-state index in [0.717, 1.165) is 16.4 Å². The highest BCUT2D eigenvalue weighted by molar-refractivity contribution is 7.89. The summed E-state index contributed by atoms with van der Waals surface area (Å²) < 4.78 is 71.8.